The van der Waals surface area contributed by atoms with Gasteiger partial charge in [-0.05, 0) is 50.5 Å². The first-order valence-electron chi connectivity index (χ1n) is 5.95. The van der Waals surface area contributed by atoms with Gasteiger partial charge in [-0.1, -0.05) is 0 Å². The minimum atomic E-state index is 0.0211. The standard InChI is InChI=1S/C12H14N4OS/c1-6-5-7(2)16(8-3-4-8)11(17)9(6)10-13-12(18)15-14-10/h5,8H,3-4H2,1-2H3,(H2,13,14,15,18). The van der Waals surface area contributed by atoms with Crippen molar-refractivity contribution in [2.75, 3.05) is 0 Å². The zero-order chi connectivity index (χ0) is 12.9. The molecule has 0 saturated heterocycles. The maximum Gasteiger partial charge on any atom is 0.262 e. The number of nitrogens with one attached hydrogen (secondary N) is 2. The van der Waals surface area contributed by atoms with Gasteiger partial charge in [0.1, 0.15) is 0 Å². The van der Waals surface area contributed by atoms with E-state index >= 15 is 0 Å². The summed E-state index contributed by atoms with van der Waals surface area (Å²) < 4.78 is 2.23. The van der Waals surface area contributed by atoms with Crippen molar-refractivity contribution in [1.29, 1.82) is 0 Å². The average Bonchev–Trinajstić information content (AvgIpc) is 3.01. The van der Waals surface area contributed by atoms with Crippen LogP contribution in [0.15, 0.2) is 10.9 Å². The van der Waals surface area contributed by atoms with Crippen LogP contribution in [-0.2, 0) is 0 Å². The molecule has 94 valence electrons. The summed E-state index contributed by atoms with van der Waals surface area (Å²) in [5, 5.41) is 5.59. The highest BCUT2D eigenvalue weighted by atomic mass is 32.1. The molecule has 3 rings (SSSR count). The quantitative estimate of drug-likeness (QED) is 0.816. The number of hydrogen-bond acceptors (Lipinski definition) is 3. The van der Waals surface area contributed by atoms with Crippen LogP contribution in [0.5, 0.6) is 0 Å². The Bertz CT molecular complexity index is 720. The molecule has 0 bridgehead atoms. The van der Waals surface area contributed by atoms with Crippen molar-refractivity contribution in [3.8, 4) is 11.4 Å². The van der Waals surface area contributed by atoms with Crippen LogP contribution in [0.25, 0.3) is 11.4 Å². The fraction of sp³-hybridized carbons (Fsp3) is 0.417. The summed E-state index contributed by atoms with van der Waals surface area (Å²) in [6.45, 7) is 3.90. The first-order valence-corrected chi connectivity index (χ1v) is 6.36. The lowest BCUT2D eigenvalue weighted by molar-refractivity contribution is 0.681. The number of hydrogen-bond donors (Lipinski definition) is 2. The highest BCUT2D eigenvalue weighted by Crippen LogP contribution is 2.35. The third-order valence-corrected chi connectivity index (χ3v) is 3.48. The minimum Gasteiger partial charge on any atom is -0.309 e. The van der Waals surface area contributed by atoms with Crippen LogP contribution in [0.3, 0.4) is 0 Å². The molecule has 0 aliphatic heterocycles. The highest BCUT2D eigenvalue weighted by molar-refractivity contribution is 7.71. The monoisotopic (exact) mass is 262 g/mol. The summed E-state index contributed by atoms with van der Waals surface area (Å²) in [6.07, 6.45) is 2.17. The lowest BCUT2D eigenvalue weighted by atomic mass is 10.1. The number of H-pyrrole nitrogens is 2. The maximum absolute atomic E-state index is 12.6. The smallest absolute Gasteiger partial charge is 0.262 e. The molecule has 1 aliphatic rings. The number of aromatic nitrogens is 4. The number of rotatable bonds is 2. The molecule has 0 radical (unpaired) electrons. The van der Waals surface area contributed by atoms with Crippen LogP contribution in [-0.4, -0.2) is 19.7 Å². The Hall–Kier alpha value is -1.69. The van der Waals surface area contributed by atoms with Crippen molar-refractivity contribution in [2.45, 2.75) is 32.7 Å². The van der Waals surface area contributed by atoms with Gasteiger partial charge in [-0.3, -0.25) is 15.0 Å². The summed E-state index contributed by atoms with van der Waals surface area (Å²) in [7, 11) is 0. The van der Waals surface area contributed by atoms with Crippen molar-refractivity contribution in [3.05, 3.63) is 32.4 Å². The topological polar surface area (TPSA) is 66.5 Å². The third-order valence-electron chi connectivity index (χ3n) is 3.28. The molecule has 18 heavy (non-hydrogen) atoms. The fourth-order valence-electron chi connectivity index (χ4n) is 2.37. The van der Waals surface area contributed by atoms with Gasteiger partial charge in [0.25, 0.3) is 5.56 Å². The molecule has 2 heterocycles. The number of nitrogens with zero attached hydrogens (tertiary/aromatic N) is 2. The molecular formula is C12H14N4OS. The Kier molecular flexibility index (Phi) is 2.48. The molecule has 2 aromatic rings. The van der Waals surface area contributed by atoms with E-state index in [0.29, 0.717) is 22.2 Å². The Morgan fingerprint density at radius 2 is 2.11 bits per heavy atom. The van der Waals surface area contributed by atoms with E-state index in [9.17, 15) is 4.79 Å². The van der Waals surface area contributed by atoms with Crippen molar-refractivity contribution < 1.29 is 0 Å². The third kappa shape index (κ3) is 1.73. The number of aryl methyl sites for hydroxylation is 2. The van der Waals surface area contributed by atoms with Crippen LogP contribution < -0.4 is 5.56 Å². The second-order valence-corrected chi connectivity index (χ2v) is 5.15. The zero-order valence-electron chi connectivity index (χ0n) is 10.3. The van der Waals surface area contributed by atoms with Gasteiger partial charge in [-0.2, -0.15) is 4.98 Å². The minimum absolute atomic E-state index is 0.0211. The Balaban J connectivity index is 2.29. The Morgan fingerprint density at radius 3 is 2.67 bits per heavy atom. The lowest BCUT2D eigenvalue weighted by Gasteiger charge is -2.12. The van der Waals surface area contributed by atoms with Gasteiger partial charge >= 0.3 is 0 Å². The van der Waals surface area contributed by atoms with E-state index < -0.39 is 0 Å². The van der Waals surface area contributed by atoms with Gasteiger partial charge in [0, 0.05) is 11.7 Å². The van der Waals surface area contributed by atoms with E-state index in [1.807, 2.05) is 24.5 Å². The fourth-order valence-corrected chi connectivity index (χ4v) is 2.51. The summed E-state index contributed by atoms with van der Waals surface area (Å²) in [5.74, 6) is 0.525. The molecule has 2 N–H and O–H groups in total. The molecule has 1 saturated carbocycles. The molecule has 0 atom stereocenters. The molecule has 1 fully saturated rings. The van der Waals surface area contributed by atoms with Gasteiger partial charge in [0.2, 0.25) is 4.77 Å². The van der Waals surface area contributed by atoms with Crippen molar-refractivity contribution in [2.24, 2.45) is 0 Å². The van der Waals surface area contributed by atoms with Crippen LogP contribution in [0, 0.1) is 18.6 Å². The predicted octanol–water partition coefficient (Wildman–Crippen LogP) is 2.25. The molecule has 0 amide bonds. The van der Waals surface area contributed by atoms with E-state index in [2.05, 4.69) is 15.2 Å². The van der Waals surface area contributed by atoms with E-state index in [0.717, 1.165) is 24.1 Å². The molecule has 0 aromatic carbocycles. The normalized spacial score (nSPS) is 15.0. The molecule has 2 aromatic heterocycles. The Morgan fingerprint density at radius 1 is 1.39 bits per heavy atom. The van der Waals surface area contributed by atoms with Gasteiger partial charge in [-0.15, -0.1) is 0 Å². The first kappa shape index (κ1) is 11.4. The predicted molar refractivity (Wildman–Crippen MR) is 71.2 cm³/mol. The van der Waals surface area contributed by atoms with Gasteiger partial charge in [0.15, 0.2) is 5.82 Å². The summed E-state index contributed by atoms with van der Waals surface area (Å²) in [4.78, 5) is 16.7. The molecule has 0 unspecified atom stereocenters. The van der Waals surface area contributed by atoms with E-state index in [-0.39, 0.29) is 5.56 Å². The number of pyridine rings is 1. The van der Waals surface area contributed by atoms with Gasteiger partial charge in [0.05, 0.1) is 5.56 Å². The van der Waals surface area contributed by atoms with E-state index in [1.165, 1.54) is 0 Å². The molecule has 6 heteroatoms. The average molecular weight is 262 g/mol. The second kappa shape index (κ2) is 3.91. The van der Waals surface area contributed by atoms with Crippen molar-refractivity contribution in [1.82, 2.24) is 19.7 Å². The Labute approximate surface area is 109 Å². The van der Waals surface area contributed by atoms with Crippen LogP contribution in [0.4, 0.5) is 0 Å². The molecular weight excluding hydrogens is 248 g/mol. The largest absolute Gasteiger partial charge is 0.309 e. The van der Waals surface area contributed by atoms with Gasteiger partial charge in [-0.25, -0.2) is 0 Å². The molecule has 0 spiro atoms. The zero-order valence-corrected chi connectivity index (χ0v) is 11.1. The number of aromatic amines is 2. The van der Waals surface area contributed by atoms with E-state index in [4.69, 9.17) is 12.2 Å². The van der Waals surface area contributed by atoms with E-state index in [1.54, 1.807) is 0 Å². The first-order chi connectivity index (χ1) is 8.58. The molecule has 1 aliphatic carbocycles. The highest BCUT2D eigenvalue weighted by Gasteiger charge is 2.27. The lowest BCUT2D eigenvalue weighted by Crippen LogP contribution is -2.24. The molecule has 5 nitrogen and oxygen atoms in total. The second-order valence-electron chi connectivity index (χ2n) is 4.77. The van der Waals surface area contributed by atoms with Crippen molar-refractivity contribution >= 4 is 12.2 Å². The van der Waals surface area contributed by atoms with Crippen LogP contribution in [0.1, 0.15) is 30.1 Å². The van der Waals surface area contributed by atoms with Gasteiger partial charge < -0.3 is 4.57 Å². The van der Waals surface area contributed by atoms with Crippen LogP contribution in [0.2, 0.25) is 0 Å². The maximum atomic E-state index is 12.6. The summed E-state index contributed by atoms with van der Waals surface area (Å²) in [6, 6.07) is 2.39. The van der Waals surface area contributed by atoms with Crippen LogP contribution >= 0.6 is 12.2 Å². The van der Waals surface area contributed by atoms with Crippen molar-refractivity contribution in [3.63, 3.8) is 0 Å². The summed E-state index contributed by atoms with van der Waals surface area (Å²) >= 11 is 4.94. The SMILES string of the molecule is Cc1cc(C)n(C2CC2)c(=O)c1-c1nc(=S)[nH][nH]1. The summed E-state index contributed by atoms with van der Waals surface area (Å²) in [5.41, 5.74) is 2.57.